The van der Waals surface area contributed by atoms with Crippen molar-refractivity contribution in [1.29, 1.82) is 0 Å². The van der Waals surface area contributed by atoms with Gasteiger partial charge in [0.15, 0.2) is 5.78 Å². The molecule has 1 aromatic carbocycles. The third-order valence-corrected chi connectivity index (χ3v) is 3.48. The second-order valence-electron chi connectivity index (χ2n) is 5.04. The molecule has 0 heterocycles. The van der Waals surface area contributed by atoms with E-state index in [0.29, 0.717) is 5.56 Å². The number of aliphatic hydroxyl groups excluding tert-OH is 1. The van der Waals surface area contributed by atoms with Crippen LogP contribution in [-0.4, -0.2) is 28.9 Å². The van der Waals surface area contributed by atoms with Crippen LogP contribution in [0.2, 0.25) is 0 Å². The smallest absolute Gasteiger partial charge is 0.228 e. The number of hydrogen-bond acceptors (Lipinski definition) is 3. The van der Waals surface area contributed by atoms with Crippen LogP contribution >= 0.6 is 0 Å². The van der Waals surface area contributed by atoms with Gasteiger partial charge >= 0.3 is 0 Å². The van der Waals surface area contributed by atoms with Gasteiger partial charge in [-0.3, -0.25) is 9.59 Å². The molecule has 4 heteroatoms. The van der Waals surface area contributed by atoms with Crippen molar-refractivity contribution in [2.75, 3.05) is 0 Å². The highest BCUT2D eigenvalue weighted by Gasteiger charge is 2.21. The van der Waals surface area contributed by atoms with Crippen molar-refractivity contribution in [2.24, 2.45) is 0 Å². The summed E-state index contributed by atoms with van der Waals surface area (Å²) in [6.07, 6.45) is 2.66. The third-order valence-electron chi connectivity index (χ3n) is 3.48. The van der Waals surface area contributed by atoms with Crippen LogP contribution in [0.3, 0.4) is 0 Å². The van der Waals surface area contributed by atoms with Crippen LogP contribution in [0.15, 0.2) is 30.3 Å². The standard InChI is InChI=1S/C15H19NO3/c17-13-8-6-12(7-9-13)16-15(19)10-14(18)11-4-2-1-3-5-11/h1-5,12-13,17H,6-10H2,(H,16,19). The minimum absolute atomic E-state index is 0.0967. The van der Waals surface area contributed by atoms with Gasteiger partial charge in [-0.2, -0.15) is 0 Å². The Bertz CT molecular complexity index is 436. The Hall–Kier alpha value is -1.68. The fourth-order valence-corrected chi connectivity index (χ4v) is 2.37. The topological polar surface area (TPSA) is 66.4 Å². The van der Waals surface area contributed by atoms with Crippen LogP contribution in [0.1, 0.15) is 42.5 Å². The normalized spacial score (nSPS) is 22.8. The van der Waals surface area contributed by atoms with E-state index >= 15 is 0 Å². The highest BCUT2D eigenvalue weighted by molar-refractivity contribution is 6.07. The van der Waals surface area contributed by atoms with Gasteiger partial charge in [-0.1, -0.05) is 30.3 Å². The number of hydrogen-bond donors (Lipinski definition) is 2. The molecule has 1 saturated carbocycles. The lowest BCUT2D eigenvalue weighted by Gasteiger charge is -2.26. The van der Waals surface area contributed by atoms with Crippen LogP contribution < -0.4 is 5.32 Å². The van der Waals surface area contributed by atoms with Gasteiger partial charge in [0.1, 0.15) is 0 Å². The average molecular weight is 261 g/mol. The van der Waals surface area contributed by atoms with Crippen molar-refractivity contribution in [2.45, 2.75) is 44.2 Å². The zero-order valence-electron chi connectivity index (χ0n) is 10.8. The summed E-state index contributed by atoms with van der Waals surface area (Å²) in [6.45, 7) is 0. The van der Waals surface area contributed by atoms with E-state index < -0.39 is 0 Å². The predicted octanol–water partition coefficient (Wildman–Crippen LogP) is 1.68. The molecule has 1 aliphatic carbocycles. The molecule has 0 atom stereocenters. The zero-order valence-corrected chi connectivity index (χ0v) is 10.8. The molecular weight excluding hydrogens is 242 g/mol. The van der Waals surface area contributed by atoms with Gasteiger partial charge in [-0.25, -0.2) is 0 Å². The molecule has 1 aliphatic rings. The Morgan fingerprint density at radius 2 is 1.74 bits per heavy atom. The first kappa shape index (κ1) is 13.7. The number of rotatable bonds is 4. The summed E-state index contributed by atoms with van der Waals surface area (Å²) < 4.78 is 0. The molecule has 0 spiro atoms. The van der Waals surface area contributed by atoms with E-state index in [1.165, 1.54) is 0 Å². The first-order chi connectivity index (χ1) is 9.15. The number of Topliss-reactive ketones (excluding diaryl/α,β-unsaturated/α-hetero) is 1. The van der Waals surface area contributed by atoms with Gasteiger partial charge < -0.3 is 10.4 Å². The van der Waals surface area contributed by atoms with Crippen LogP contribution in [0, 0.1) is 0 Å². The number of aliphatic hydroxyl groups is 1. The van der Waals surface area contributed by atoms with E-state index in [-0.39, 0.29) is 30.3 Å². The van der Waals surface area contributed by atoms with Crippen molar-refractivity contribution < 1.29 is 14.7 Å². The Labute approximate surface area is 112 Å². The van der Waals surface area contributed by atoms with Gasteiger partial charge in [0, 0.05) is 11.6 Å². The van der Waals surface area contributed by atoms with Crippen LogP contribution in [0.5, 0.6) is 0 Å². The van der Waals surface area contributed by atoms with E-state index in [1.54, 1.807) is 24.3 Å². The maximum Gasteiger partial charge on any atom is 0.228 e. The molecule has 0 saturated heterocycles. The van der Waals surface area contributed by atoms with Gasteiger partial charge in [0.25, 0.3) is 0 Å². The lowest BCUT2D eigenvalue weighted by Crippen LogP contribution is -2.39. The summed E-state index contributed by atoms with van der Waals surface area (Å²) in [6, 6.07) is 8.93. The lowest BCUT2D eigenvalue weighted by atomic mass is 9.93. The van der Waals surface area contributed by atoms with Crippen molar-refractivity contribution in [3.05, 3.63) is 35.9 Å². The highest BCUT2D eigenvalue weighted by atomic mass is 16.3. The number of ketones is 1. The van der Waals surface area contributed by atoms with Gasteiger partial charge in [-0.05, 0) is 25.7 Å². The Morgan fingerprint density at radius 1 is 1.11 bits per heavy atom. The van der Waals surface area contributed by atoms with Crippen molar-refractivity contribution in [3.63, 3.8) is 0 Å². The fourth-order valence-electron chi connectivity index (χ4n) is 2.37. The maximum absolute atomic E-state index is 11.8. The summed E-state index contributed by atoms with van der Waals surface area (Å²) in [5.74, 6) is -0.385. The average Bonchev–Trinajstić information content (AvgIpc) is 2.42. The Balaban J connectivity index is 1.80. The quantitative estimate of drug-likeness (QED) is 0.640. The minimum atomic E-state index is -0.237. The van der Waals surface area contributed by atoms with Crippen molar-refractivity contribution >= 4 is 11.7 Å². The Kier molecular flexibility index (Phi) is 4.68. The lowest BCUT2D eigenvalue weighted by molar-refractivity contribution is -0.121. The zero-order chi connectivity index (χ0) is 13.7. The van der Waals surface area contributed by atoms with Crippen molar-refractivity contribution in [3.8, 4) is 0 Å². The number of nitrogens with one attached hydrogen (secondary N) is 1. The van der Waals surface area contributed by atoms with E-state index in [0.717, 1.165) is 25.7 Å². The molecule has 2 rings (SSSR count). The molecule has 2 N–H and O–H groups in total. The van der Waals surface area contributed by atoms with Gasteiger partial charge in [0.2, 0.25) is 5.91 Å². The molecule has 0 aliphatic heterocycles. The third kappa shape index (κ3) is 4.17. The van der Waals surface area contributed by atoms with Crippen LogP contribution in [0.25, 0.3) is 0 Å². The van der Waals surface area contributed by atoms with E-state index in [1.807, 2.05) is 6.07 Å². The second-order valence-corrected chi connectivity index (χ2v) is 5.04. The molecule has 0 unspecified atom stereocenters. The van der Waals surface area contributed by atoms with E-state index in [4.69, 9.17) is 0 Å². The minimum Gasteiger partial charge on any atom is -0.393 e. The summed E-state index contributed by atoms with van der Waals surface area (Å²) in [5, 5.41) is 12.3. The second kappa shape index (κ2) is 6.48. The summed E-state index contributed by atoms with van der Waals surface area (Å²) in [5.41, 5.74) is 0.566. The molecule has 0 radical (unpaired) electrons. The summed E-state index contributed by atoms with van der Waals surface area (Å²) in [7, 11) is 0. The first-order valence-corrected chi connectivity index (χ1v) is 6.71. The number of benzene rings is 1. The molecule has 0 aromatic heterocycles. The molecule has 4 nitrogen and oxygen atoms in total. The van der Waals surface area contributed by atoms with Crippen LogP contribution in [0.4, 0.5) is 0 Å². The van der Waals surface area contributed by atoms with E-state index in [2.05, 4.69) is 5.32 Å². The number of amides is 1. The number of carbonyl (C=O) groups excluding carboxylic acids is 2. The Morgan fingerprint density at radius 3 is 2.37 bits per heavy atom. The SMILES string of the molecule is O=C(CC(=O)c1ccccc1)NC1CCC(O)CC1. The maximum atomic E-state index is 11.8. The molecule has 19 heavy (non-hydrogen) atoms. The molecule has 1 fully saturated rings. The van der Waals surface area contributed by atoms with Crippen LogP contribution in [-0.2, 0) is 4.79 Å². The summed E-state index contributed by atoms with van der Waals surface area (Å²) >= 11 is 0. The first-order valence-electron chi connectivity index (χ1n) is 6.71. The molecular formula is C15H19NO3. The number of carbonyl (C=O) groups is 2. The van der Waals surface area contributed by atoms with Gasteiger partial charge in [0.05, 0.1) is 12.5 Å². The molecule has 102 valence electrons. The highest BCUT2D eigenvalue weighted by Crippen LogP contribution is 2.18. The van der Waals surface area contributed by atoms with E-state index in [9.17, 15) is 14.7 Å². The van der Waals surface area contributed by atoms with Crippen molar-refractivity contribution in [1.82, 2.24) is 5.32 Å². The molecule has 1 aromatic rings. The molecule has 1 amide bonds. The monoisotopic (exact) mass is 261 g/mol. The summed E-state index contributed by atoms with van der Waals surface area (Å²) in [4.78, 5) is 23.6. The van der Waals surface area contributed by atoms with Gasteiger partial charge in [-0.15, -0.1) is 0 Å². The molecule has 0 bridgehead atoms. The largest absolute Gasteiger partial charge is 0.393 e. The predicted molar refractivity (Wildman–Crippen MR) is 71.8 cm³/mol. The fraction of sp³-hybridized carbons (Fsp3) is 0.467.